The molecule has 1 aromatic heterocycles. The summed E-state index contributed by atoms with van der Waals surface area (Å²) >= 11 is 0. The zero-order valence-corrected chi connectivity index (χ0v) is 16.3. The average molecular weight is 383 g/mol. The minimum Gasteiger partial charge on any atom is -0.378 e. The van der Waals surface area contributed by atoms with Crippen LogP contribution >= 0.6 is 0 Å². The van der Waals surface area contributed by atoms with Gasteiger partial charge in [0.05, 0.1) is 22.8 Å². The van der Waals surface area contributed by atoms with E-state index in [9.17, 15) is 4.79 Å². The molecule has 3 aromatic carbocycles. The van der Waals surface area contributed by atoms with Crippen LogP contribution in [0.1, 0.15) is 5.56 Å². The number of para-hydroxylation sites is 2. The number of nitrogens with zero attached hydrogens (tertiary/aromatic N) is 4. The standard InChI is InChI=1S/C23H21N5O/c1-27(2)18-14-12-17(13-15-18)16-24-26-23-25-21-11-7-6-10-20(21)22(29)28(23)19-8-4-3-5-9-19/h3-16H,1-2H3,(H,25,26). The molecule has 0 amide bonds. The molecule has 0 aliphatic heterocycles. The number of anilines is 2. The molecule has 144 valence electrons. The van der Waals surface area contributed by atoms with Gasteiger partial charge in [-0.1, -0.05) is 42.5 Å². The molecule has 29 heavy (non-hydrogen) atoms. The maximum atomic E-state index is 13.1. The summed E-state index contributed by atoms with van der Waals surface area (Å²) in [5, 5.41) is 4.87. The summed E-state index contributed by atoms with van der Waals surface area (Å²) in [5.41, 5.74) is 6.20. The second-order valence-electron chi connectivity index (χ2n) is 6.78. The predicted molar refractivity (Wildman–Crippen MR) is 119 cm³/mol. The van der Waals surface area contributed by atoms with Gasteiger partial charge in [0.25, 0.3) is 5.56 Å². The van der Waals surface area contributed by atoms with Crippen molar-refractivity contribution >= 4 is 28.8 Å². The van der Waals surface area contributed by atoms with E-state index in [1.165, 1.54) is 4.57 Å². The van der Waals surface area contributed by atoms with Gasteiger partial charge in [-0.3, -0.25) is 4.79 Å². The van der Waals surface area contributed by atoms with Crippen LogP contribution in [0, 0.1) is 0 Å². The fourth-order valence-electron chi connectivity index (χ4n) is 3.05. The van der Waals surface area contributed by atoms with E-state index in [0.29, 0.717) is 16.9 Å². The third-order valence-corrected chi connectivity index (χ3v) is 4.58. The quantitative estimate of drug-likeness (QED) is 0.419. The largest absolute Gasteiger partial charge is 0.378 e. The van der Waals surface area contributed by atoms with Gasteiger partial charge in [-0.2, -0.15) is 5.10 Å². The zero-order chi connectivity index (χ0) is 20.2. The molecule has 1 heterocycles. The van der Waals surface area contributed by atoms with Crippen LogP contribution in [0.3, 0.4) is 0 Å². The topological polar surface area (TPSA) is 62.5 Å². The Balaban J connectivity index is 1.72. The van der Waals surface area contributed by atoms with Crippen LogP contribution < -0.4 is 15.9 Å². The molecule has 0 aliphatic carbocycles. The second kappa shape index (κ2) is 7.98. The van der Waals surface area contributed by atoms with E-state index in [1.807, 2.05) is 91.8 Å². The lowest BCUT2D eigenvalue weighted by atomic mass is 10.2. The van der Waals surface area contributed by atoms with Crippen molar-refractivity contribution in [3.05, 3.63) is 94.8 Å². The van der Waals surface area contributed by atoms with Gasteiger partial charge in [-0.15, -0.1) is 0 Å². The highest BCUT2D eigenvalue weighted by Gasteiger charge is 2.11. The van der Waals surface area contributed by atoms with Crippen LogP contribution in [0.4, 0.5) is 11.6 Å². The van der Waals surface area contributed by atoms with Gasteiger partial charge < -0.3 is 4.90 Å². The molecular formula is C23H21N5O. The Morgan fingerprint density at radius 2 is 1.62 bits per heavy atom. The van der Waals surface area contributed by atoms with Gasteiger partial charge in [-0.05, 0) is 42.0 Å². The number of hydrazone groups is 1. The summed E-state index contributed by atoms with van der Waals surface area (Å²) in [5.74, 6) is 0.362. The number of nitrogens with one attached hydrogen (secondary N) is 1. The van der Waals surface area contributed by atoms with Gasteiger partial charge in [0.1, 0.15) is 0 Å². The lowest BCUT2D eigenvalue weighted by Gasteiger charge is -2.13. The van der Waals surface area contributed by atoms with Crippen LogP contribution in [0.5, 0.6) is 0 Å². The Morgan fingerprint density at radius 3 is 2.34 bits per heavy atom. The molecule has 0 fully saturated rings. The number of fused-ring (bicyclic) bond motifs is 1. The average Bonchev–Trinajstić information content (AvgIpc) is 2.75. The predicted octanol–water partition coefficient (Wildman–Crippen LogP) is 3.90. The highest BCUT2D eigenvalue weighted by atomic mass is 16.1. The molecule has 0 bridgehead atoms. The highest BCUT2D eigenvalue weighted by Crippen LogP contribution is 2.16. The van der Waals surface area contributed by atoms with E-state index in [2.05, 4.69) is 15.5 Å². The number of rotatable bonds is 5. The first-order chi connectivity index (χ1) is 14.1. The van der Waals surface area contributed by atoms with Crippen molar-refractivity contribution in [2.24, 2.45) is 5.10 Å². The molecule has 0 saturated heterocycles. The maximum absolute atomic E-state index is 13.1. The van der Waals surface area contributed by atoms with E-state index in [-0.39, 0.29) is 5.56 Å². The van der Waals surface area contributed by atoms with Gasteiger partial charge in [0.2, 0.25) is 5.95 Å². The Hall–Kier alpha value is -3.93. The smallest absolute Gasteiger partial charge is 0.267 e. The minimum absolute atomic E-state index is 0.144. The van der Waals surface area contributed by atoms with Crippen molar-refractivity contribution in [3.8, 4) is 5.69 Å². The zero-order valence-electron chi connectivity index (χ0n) is 16.3. The van der Waals surface area contributed by atoms with Gasteiger partial charge in [0.15, 0.2) is 0 Å². The highest BCUT2D eigenvalue weighted by molar-refractivity contribution is 5.82. The van der Waals surface area contributed by atoms with Crippen molar-refractivity contribution in [2.45, 2.75) is 0 Å². The SMILES string of the molecule is CN(C)c1ccc(C=NNc2nc3ccccc3c(=O)n2-c2ccccc2)cc1. The van der Waals surface area contributed by atoms with Crippen molar-refractivity contribution < 1.29 is 0 Å². The third-order valence-electron chi connectivity index (χ3n) is 4.58. The third kappa shape index (κ3) is 3.87. The summed E-state index contributed by atoms with van der Waals surface area (Å²) in [7, 11) is 4.00. The molecule has 0 spiro atoms. The van der Waals surface area contributed by atoms with E-state index in [0.717, 1.165) is 16.9 Å². The van der Waals surface area contributed by atoms with Crippen molar-refractivity contribution in [2.75, 3.05) is 24.4 Å². The molecular weight excluding hydrogens is 362 g/mol. The lowest BCUT2D eigenvalue weighted by Crippen LogP contribution is -2.22. The number of aromatic nitrogens is 2. The van der Waals surface area contributed by atoms with Crippen molar-refractivity contribution in [1.29, 1.82) is 0 Å². The van der Waals surface area contributed by atoms with Crippen LogP contribution in [0.25, 0.3) is 16.6 Å². The first-order valence-corrected chi connectivity index (χ1v) is 9.27. The normalized spacial score (nSPS) is 11.1. The van der Waals surface area contributed by atoms with E-state index >= 15 is 0 Å². The van der Waals surface area contributed by atoms with Crippen LogP contribution in [-0.2, 0) is 0 Å². The number of hydrogen-bond acceptors (Lipinski definition) is 5. The van der Waals surface area contributed by atoms with E-state index in [1.54, 1.807) is 12.3 Å². The van der Waals surface area contributed by atoms with Gasteiger partial charge in [-0.25, -0.2) is 15.0 Å². The molecule has 0 saturated carbocycles. The van der Waals surface area contributed by atoms with Crippen molar-refractivity contribution in [3.63, 3.8) is 0 Å². The Kier molecular flexibility index (Phi) is 5.07. The van der Waals surface area contributed by atoms with E-state index < -0.39 is 0 Å². The van der Waals surface area contributed by atoms with Crippen LogP contribution in [0.15, 0.2) is 88.8 Å². The summed E-state index contributed by atoms with van der Waals surface area (Å²) in [6, 6.07) is 24.7. The molecule has 6 heteroatoms. The molecule has 0 radical (unpaired) electrons. The molecule has 4 aromatic rings. The first kappa shape index (κ1) is 18.4. The second-order valence-corrected chi connectivity index (χ2v) is 6.78. The Bertz CT molecular complexity index is 1210. The Labute approximate surface area is 168 Å². The van der Waals surface area contributed by atoms with Gasteiger partial charge >= 0.3 is 0 Å². The molecule has 6 nitrogen and oxygen atoms in total. The summed E-state index contributed by atoms with van der Waals surface area (Å²) < 4.78 is 1.54. The van der Waals surface area contributed by atoms with Gasteiger partial charge in [0, 0.05) is 19.8 Å². The Morgan fingerprint density at radius 1 is 0.931 bits per heavy atom. The minimum atomic E-state index is -0.144. The summed E-state index contributed by atoms with van der Waals surface area (Å²) in [6.07, 6.45) is 1.70. The molecule has 1 N–H and O–H groups in total. The molecule has 0 unspecified atom stereocenters. The van der Waals surface area contributed by atoms with E-state index in [4.69, 9.17) is 0 Å². The maximum Gasteiger partial charge on any atom is 0.267 e. The summed E-state index contributed by atoms with van der Waals surface area (Å²) in [4.78, 5) is 19.8. The number of hydrogen-bond donors (Lipinski definition) is 1. The molecule has 0 atom stereocenters. The first-order valence-electron chi connectivity index (χ1n) is 9.27. The van der Waals surface area contributed by atoms with Crippen LogP contribution in [-0.4, -0.2) is 29.9 Å². The summed E-state index contributed by atoms with van der Waals surface area (Å²) in [6.45, 7) is 0. The van der Waals surface area contributed by atoms with Crippen LogP contribution in [0.2, 0.25) is 0 Å². The fourth-order valence-corrected chi connectivity index (χ4v) is 3.05. The number of benzene rings is 3. The monoisotopic (exact) mass is 383 g/mol. The van der Waals surface area contributed by atoms with Crippen molar-refractivity contribution in [1.82, 2.24) is 9.55 Å². The lowest BCUT2D eigenvalue weighted by molar-refractivity contribution is 0.956. The molecule has 0 aliphatic rings. The fraction of sp³-hybridized carbons (Fsp3) is 0.0870. The molecule has 4 rings (SSSR count).